The highest BCUT2D eigenvalue weighted by atomic mass is 35.5. The zero-order chi connectivity index (χ0) is 11.5. The van der Waals surface area contributed by atoms with Gasteiger partial charge in [0.2, 0.25) is 0 Å². The number of nitrogens with zero attached hydrogens (tertiary/aromatic N) is 1. The standard InChI is InChI=1S/C13H12ClNO/c1-9-4-5-15-7-12(9)11-6-10(8-16)2-3-13(11)14/h2-7,16H,8H2,1H3. The summed E-state index contributed by atoms with van der Waals surface area (Å²) in [6.07, 6.45) is 3.54. The number of rotatable bonds is 2. The molecule has 0 aliphatic rings. The number of halogens is 1. The van der Waals surface area contributed by atoms with Crippen molar-refractivity contribution in [3.8, 4) is 11.1 Å². The second-order valence-electron chi connectivity index (χ2n) is 3.66. The van der Waals surface area contributed by atoms with Crippen LogP contribution < -0.4 is 0 Å². The first kappa shape index (κ1) is 11.1. The summed E-state index contributed by atoms with van der Waals surface area (Å²) in [6.45, 7) is 2.03. The highest BCUT2D eigenvalue weighted by Gasteiger charge is 2.07. The fourth-order valence-electron chi connectivity index (χ4n) is 1.62. The van der Waals surface area contributed by atoms with Gasteiger partial charge in [0.25, 0.3) is 0 Å². The average molecular weight is 234 g/mol. The Morgan fingerprint density at radius 3 is 2.75 bits per heavy atom. The largest absolute Gasteiger partial charge is 0.392 e. The van der Waals surface area contributed by atoms with E-state index in [4.69, 9.17) is 16.7 Å². The van der Waals surface area contributed by atoms with Gasteiger partial charge in [0.1, 0.15) is 0 Å². The quantitative estimate of drug-likeness (QED) is 0.864. The van der Waals surface area contributed by atoms with Gasteiger partial charge in [0.15, 0.2) is 0 Å². The van der Waals surface area contributed by atoms with Gasteiger partial charge in [-0.15, -0.1) is 0 Å². The van der Waals surface area contributed by atoms with Crippen LogP contribution in [-0.4, -0.2) is 10.1 Å². The number of aryl methyl sites for hydroxylation is 1. The van der Waals surface area contributed by atoms with E-state index in [0.29, 0.717) is 5.02 Å². The predicted molar refractivity (Wildman–Crippen MR) is 65.3 cm³/mol. The zero-order valence-electron chi connectivity index (χ0n) is 8.94. The number of hydrogen-bond donors (Lipinski definition) is 1. The number of benzene rings is 1. The molecule has 1 aromatic heterocycles. The number of aromatic nitrogens is 1. The Bertz CT molecular complexity index is 511. The van der Waals surface area contributed by atoms with Crippen molar-refractivity contribution in [2.45, 2.75) is 13.5 Å². The van der Waals surface area contributed by atoms with Gasteiger partial charge in [-0.25, -0.2) is 0 Å². The highest BCUT2D eigenvalue weighted by molar-refractivity contribution is 6.33. The molecular weight excluding hydrogens is 222 g/mol. The van der Waals surface area contributed by atoms with Crippen LogP contribution in [0.25, 0.3) is 11.1 Å². The van der Waals surface area contributed by atoms with Crippen LogP contribution in [0.2, 0.25) is 5.02 Å². The third-order valence-electron chi connectivity index (χ3n) is 2.54. The van der Waals surface area contributed by atoms with E-state index in [1.165, 1.54) is 0 Å². The SMILES string of the molecule is Cc1ccncc1-c1cc(CO)ccc1Cl. The molecule has 1 N–H and O–H groups in total. The van der Waals surface area contributed by atoms with Crippen LogP contribution >= 0.6 is 11.6 Å². The Hall–Kier alpha value is -1.38. The van der Waals surface area contributed by atoms with Gasteiger partial charge in [-0.3, -0.25) is 4.98 Å². The molecule has 0 spiro atoms. The molecule has 0 saturated carbocycles. The summed E-state index contributed by atoms with van der Waals surface area (Å²) in [4.78, 5) is 4.10. The van der Waals surface area contributed by atoms with Gasteiger partial charge < -0.3 is 5.11 Å². The summed E-state index contributed by atoms with van der Waals surface area (Å²) in [6, 6.07) is 7.45. The zero-order valence-corrected chi connectivity index (χ0v) is 9.70. The molecular formula is C13H12ClNO. The molecule has 0 fully saturated rings. The Labute approximate surface area is 99.5 Å². The van der Waals surface area contributed by atoms with Crippen molar-refractivity contribution in [1.29, 1.82) is 0 Å². The van der Waals surface area contributed by atoms with Crippen LogP contribution in [0.5, 0.6) is 0 Å². The fraction of sp³-hybridized carbons (Fsp3) is 0.154. The number of aliphatic hydroxyl groups is 1. The lowest BCUT2D eigenvalue weighted by Gasteiger charge is -2.08. The molecule has 0 atom stereocenters. The van der Waals surface area contributed by atoms with Gasteiger partial charge in [-0.05, 0) is 36.2 Å². The van der Waals surface area contributed by atoms with Crippen molar-refractivity contribution in [1.82, 2.24) is 4.98 Å². The lowest BCUT2D eigenvalue weighted by atomic mass is 10.0. The first-order valence-electron chi connectivity index (χ1n) is 5.02. The monoisotopic (exact) mass is 233 g/mol. The van der Waals surface area contributed by atoms with Crippen LogP contribution in [0.3, 0.4) is 0 Å². The molecule has 3 heteroatoms. The minimum absolute atomic E-state index is 0.0173. The molecule has 0 aliphatic carbocycles. The van der Waals surface area contributed by atoms with Crippen LogP contribution in [0.1, 0.15) is 11.1 Å². The second kappa shape index (κ2) is 4.64. The van der Waals surface area contributed by atoms with E-state index in [1.807, 2.05) is 25.1 Å². The van der Waals surface area contributed by atoms with Crippen LogP contribution in [0, 0.1) is 6.92 Å². The molecule has 0 amide bonds. The van der Waals surface area contributed by atoms with Gasteiger partial charge in [-0.1, -0.05) is 17.7 Å². The van der Waals surface area contributed by atoms with E-state index < -0.39 is 0 Å². The summed E-state index contributed by atoms with van der Waals surface area (Å²) < 4.78 is 0. The summed E-state index contributed by atoms with van der Waals surface area (Å²) in [5, 5.41) is 9.78. The molecule has 0 unspecified atom stereocenters. The van der Waals surface area contributed by atoms with Crippen molar-refractivity contribution < 1.29 is 5.11 Å². The Morgan fingerprint density at radius 1 is 1.25 bits per heavy atom. The molecule has 0 saturated heterocycles. The third-order valence-corrected chi connectivity index (χ3v) is 2.87. The summed E-state index contributed by atoms with van der Waals surface area (Å²) >= 11 is 6.15. The lowest BCUT2D eigenvalue weighted by Crippen LogP contribution is -1.89. The maximum Gasteiger partial charge on any atom is 0.0682 e. The van der Waals surface area contributed by atoms with Crippen LogP contribution in [-0.2, 0) is 6.61 Å². The van der Waals surface area contributed by atoms with Gasteiger partial charge in [-0.2, -0.15) is 0 Å². The van der Waals surface area contributed by atoms with E-state index in [0.717, 1.165) is 22.3 Å². The fourth-order valence-corrected chi connectivity index (χ4v) is 1.84. The van der Waals surface area contributed by atoms with Crippen LogP contribution in [0.15, 0.2) is 36.7 Å². The minimum Gasteiger partial charge on any atom is -0.392 e. The number of pyridine rings is 1. The molecule has 0 radical (unpaired) electrons. The van der Waals surface area contributed by atoms with Crippen molar-refractivity contribution in [3.63, 3.8) is 0 Å². The molecule has 2 aromatic rings. The maximum atomic E-state index is 9.11. The Balaban J connectivity index is 2.59. The second-order valence-corrected chi connectivity index (χ2v) is 4.07. The van der Waals surface area contributed by atoms with Crippen LogP contribution in [0.4, 0.5) is 0 Å². The molecule has 82 valence electrons. The first-order valence-corrected chi connectivity index (χ1v) is 5.40. The van der Waals surface area contributed by atoms with E-state index in [9.17, 15) is 0 Å². The normalized spacial score (nSPS) is 10.4. The van der Waals surface area contributed by atoms with E-state index in [-0.39, 0.29) is 6.61 Å². The van der Waals surface area contributed by atoms with E-state index >= 15 is 0 Å². The molecule has 16 heavy (non-hydrogen) atoms. The molecule has 0 bridgehead atoms. The van der Waals surface area contributed by atoms with Crippen molar-refractivity contribution in [3.05, 3.63) is 52.8 Å². The third kappa shape index (κ3) is 2.08. The smallest absolute Gasteiger partial charge is 0.0682 e. The molecule has 2 nitrogen and oxygen atoms in total. The van der Waals surface area contributed by atoms with Gasteiger partial charge >= 0.3 is 0 Å². The van der Waals surface area contributed by atoms with Crippen molar-refractivity contribution >= 4 is 11.6 Å². The molecule has 1 aromatic carbocycles. The average Bonchev–Trinajstić information content (AvgIpc) is 2.31. The van der Waals surface area contributed by atoms with Gasteiger partial charge in [0.05, 0.1) is 6.61 Å². The maximum absolute atomic E-state index is 9.11. The van der Waals surface area contributed by atoms with Crippen molar-refractivity contribution in [2.75, 3.05) is 0 Å². The molecule has 1 heterocycles. The summed E-state index contributed by atoms with van der Waals surface area (Å²) in [5.74, 6) is 0. The van der Waals surface area contributed by atoms with Gasteiger partial charge in [0, 0.05) is 28.5 Å². The van der Waals surface area contributed by atoms with E-state index in [1.54, 1.807) is 18.5 Å². The first-order chi connectivity index (χ1) is 7.72. The topological polar surface area (TPSA) is 33.1 Å². The highest BCUT2D eigenvalue weighted by Crippen LogP contribution is 2.30. The molecule has 2 rings (SSSR count). The van der Waals surface area contributed by atoms with Crippen molar-refractivity contribution in [2.24, 2.45) is 0 Å². The lowest BCUT2D eigenvalue weighted by molar-refractivity contribution is 0.282. The molecule has 0 aliphatic heterocycles. The number of hydrogen-bond acceptors (Lipinski definition) is 2. The Morgan fingerprint density at radius 2 is 2.06 bits per heavy atom. The summed E-state index contributed by atoms with van der Waals surface area (Å²) in [5.41, 5.74) is 3.89. The summed E-state index contributed by atoms with van der Waals surface area (Å²) in [7, 11) is 0. The van der Waals surface area contributed by atoms with E-state index in [2.05, 4.69) is 4.98 Å². The Kier molecular flexibility index (Phi) is 3.22. The minimum atomic E-state index is 0.0173. The predicted octanol–water partition coefficient (Wildman–Crippen LogP) is 3.20. The number of aliphatic hydroxyl groups excluding tert-OH is 1.